The molecular weight excluding hydrogens is 302 g/mol. The van der Waals surface area contributed by atoms with Crippen LogP contribution >= 0.6 is 0 Å². The highest BCUT2D eigenvalue weighted by Crippen LogP contribution is 2.16. The Morgan fingerprint density at radius 2 is 1.79 bits per heavy atom. The molecule has 0 saturated heterocycles. The van der Waals surface area contributed by atoms with Gasteiger partial charge >= 0.3 is 0 Å². The van der Waals surface area contributed by atoms with E-state index in [2.05, 4.69) is 22.1 Å². The number of rotatable bonds is 7. The molecule has 0 unspecified atom stereocenters. The molecule has 1 N–H and O–H groups in total. The number of hydrogen-bond donors (Lipinski definition) is 1. The van der Waals surface area contributed by atoms with Crippen LogP contribution in [0, 0.1) is 27.7 Å². The second-order valence-corrected chi connectivity index (χ2v) is 6.17. The minimum absolute atomic E-state index is 0.0490. The summed E-state index contributed by atoms with van der Waals surface area (Å²) >= 11 is 0. The third-order valence-corrected chi connectivity index (χ3v) is 4.56. The number of nitrogens with one attached hydrogen (secondary N) is 1. The largest absolute Gasteiger partial charge is 0.352 e. The van der Waals surface area contributed by atoms with Crippen LogP contribution in [-0.4, -0.2) is 25.5 Å². The fraction of sp³-hybridized carbons (Fsp3) is 0.500. The Morgan fingerprint density at radius 3 is 2.38 bits per heavy atom. The molecule has 2 aromatic rings. The molecule has 130 valence electrons. The predicted octanol–water partition coefficient (Wildman–Crippen LogP) is 2.29. The van der Waals surface area contributed by atoms with E-state index in [-0.39, 0.29) is 5.91 Å². The summed E-state index contributed by atoms with van der Waals surface area (Å²) in [6.45, 7) is 13.0. The van der Waals surface area contributed by atoms with E-state index in [1.165, 1.54) is 0 Å². The van der Waals surface area contributed by atoms with Gasteiger partial charge in [0.05, 0.1) is 17.9 Å². The molecular formula is C18H27N5O. The summed E-state index contributed by atoms with van der Waals surface area (Å²) < 4.78 is 3.77. The summed E-state index contributed by atoms with van der Waals surface area (Å²) in [4.78, 5) is 12.2. The van der Waals surface area contributed by atoms with Crippen LogP contribution in [0.5, 0.6) is 0 Å². The number of carbonyl (C=O) groups is 1. The molecule has 0 aliphatic rings. The summed E-state index contributed by atoms with van der Waals surface area (Å²) in [5, 5.41) is 11.9. The molecule has 6 nitrogen and oxygen atoms in total. The van der Waals surface area contributed by atoms with Crippen molar-refractivity contribution in [2.45, 2.75) is 53.6 Å². The van der Waals surface area contributed by atoms with Gasteiger partial charge in [0, 0.05) is 37.0 Å². The van der Waals surface area contributed by atoms with Crippen molar-refractivity contribution in [1.29, 1.82) is 0 Å². The molecule has 0 radical (unpaired) electrons. The van der Waals surface area contributed by atoms with Gasteiger partial charge < -0.3 is 5.32 Å². The first kappa shape index (κ1) is 18.0. The number of nitrogens with zero attached hydrogens (tertiary/aromatic N) is 4. The van der Waals surface area contributed by atoms with E-state index in [4.69, 9.17) is 0 Å². The van der Waals surface area contributed by atoms with Gasteiger partial charge in [0.1, 0.15) is 0 Å². The topological polar surface area (TPSA) is 64.7 Å². The highest BCUT2D eigenvalue weighted by molar-refractivity contribution is 5.76. The zero-order valence-electron chi connectivity index (χ0n) is 15.3. The SMILES string of the molecule is C=CCn1nc(C)c(CCC(=O)NCc2c(C)nn(C)c2C)c1C. The molecule has 0 aliphatic carbocycles. The van der Waals surface area contributed by atoms with Crippen LogP contribution in [-0.2, 0) is 31.4 Å². The van der Waals surface area contributed by atoms with Crippen molar-refractivity contribution in [2.75, 3.05) is 0 Å². The molecule has 2 aromatic heterocycles. The number of aryl methyl sites for hydroxylation is 3. The molecule has 0 atom stereocenters. The molecule has 0 bridgehead atoms. The van der Waals surface area contributed by atoms with E-state index in [9.17, 15) is 4.79 Å². The van der Waals surface area contributed by atoms with E-state index in [1.807, 2.05) is 50.2 Å². The lowest BCUT2D eigenvalue weighted by atomic mass is 10.1. The number of allylic oxidation sites excluding steroid dienone is 1. The first-order valence-corrected chi connectivity index (χ1v) is 8.24. The van der Waals surface area contributed by atoms with Crippen molar-refractivity contribution in [1.82, 2.24) is 24.9 Å². The van der Waals surface area contributed by atoms with E-state index >= 15 is 0 Å². The zero-order chi connectivity index (χ0) is 17.9. The van der Waals surface area contributed by atoms with Gasteiger partial charge in [-0.15, -0.1) is 6.58 Å². The lowest BCUT2D eigenvalue weighted by molar-refractivity contribution is -0.121. The monoisotopic (exact) mass is 329 g/mol. The molecule has 0 fully saturated rings. The van der Waals surface area contributed by atoms with Crippen LogP contribution in [0.2, 0.25) is 0 Å². The summed E-state index contributed by atoms with van der Waals surface area (Å²) in [5.74, 6) is 0.0490. The summed E-state index contributed by atoms with van der Waals surface area (Å²) in [6.07, 6.45) is 2.99. The molecule has 2 heterocycles. The predicted molar refractivity (Wildman–Crippen MR) is 94.7 cm³/mol. The molecule has 6 heteroatoms. The van der Waals surface area contributed by atoms with Gasteiger partial charge in [-0.3, -0.25) is 14.2 Å². The van der Waals surface area contributed by atoms with Crippen molar-refractivity contribution >= 4 is 5.91 Å². The zero-order valence-corrected chi connectivity index (χ0v) is 15.3. The summed E-state index contributed by atoms with van der Waals surface area (Å²) in [7, 11) is 1.92. The van der Waals surface area contributed by atoms with Gasteiger partial charge in [-0.25, -0.2) is 0 Å². The first-order valence-electron chi connectivity index (χ1n) is 8.24. The van der Waals surface area contributed by atoms with Crippen LogP contribution in [0.4, 0.5) is 0 Å². The molecule has 1 amide bonds. The van der Waals surface area contributed by atoms with Crippen molar-refractivity contribution < 1.29 is 4.79 Å². The lowest BCUT2D eigenvalue weighted by Gasteiger charge is -2.07. The van der Waals surface area contributed by atoms with E-state index < -0.39 is 0 Å². The normalized spacial score (nSPS) is 10.9. The maximum absolute atomic E-state index is 12.2. The Labute approximate surface area is 143 Å². The van der Waals surface area contributed by atoms with E-state index in [1.54, 1.807) is 0 Å². The fourth-order valence-electron chi connectivity index (χ4n) is 2.98. The van der Waals surface area contributed by atoms with Crippen molar-refractivity contribution in [3.8, 4) is 0 Å². The van der Waals surface area contributed by atoms with E-state index in [0.29, 0.717) is 25.9 Å². The third-order valence-electron chi connectivity index (χ3n) is 4.56. The highest BCUT2D eigenvalue weighted by atomic mass is 16.1. The smallest absolute Gasteiger partial charge is 0.220 e. The number of amides is 1. The summed E-state index contributed by atoms with van der Waals surface area (Å²) in [5.41, 5.74) is 6.40. The Morgan fingerprint density at radius 1 is 1.12 bits per heavy atom. The maximum Gasteiger partial charge on any atom is 0.220 e. The summed E-state index contributed by atoms with van der Waals surface area (Å²) in [6, 6.07) is 0. The minimum Gasteiger partial charge on any atom is -0.352 e. The van der Waals surface area contributed by atoms with Crippen LogP contribution in [0.25, 0.3) is 0 Å². The van der Waals surface area contributed by atoms with Crippen LogP contribution in [0.15, 0.2) is 12.7 Å². The van der Waals surface area contributed by atoms with Gasteiger partial charge in [0.2, 0.25) is 5.91 Å². The van der Waals surface area contributed by atoms with Gasteiger partial charge in [-0.2, -0.15) is 10.2 Å². The van der Waals surface area contributed by atoms with E-state index in [0.717, 1.165) is 33.9 Å². The quantitative estimate of drug-likeness (QED) is 0.793. The molecule has 0 aromatic carbocycles. The first-order chi connectivity index (χ1) is 11.3. The molecule has 24 heavy (non-hydrogen) atoms. The molecule has 2 rings (SSSR count). The van der Waals surface area contributed by atoms with Crippen LogP contribution in [0.1, 0.15) is 40.3 Å². The molecule has 0 saturated carbocycles. The van der Waals surface area contributed by atoms with Crippen molar-refractivity contribution in [2.24, 2.45) is 7.05 Å². The Balaban J connectivity index is 1.93. The number of hydrogen-bond acceptors (Lipinski definition) is 3. The third kappa shape index (κ3) is 3.75. The minimum atomic E-state index is 0.0490. The van der Waals surface area contributed by atoms with Crippen LogP contribution in [0.3, 0.4) is 0 Å². The Kier molecular flexibility index (Phi) is 5.59. The average molecular weight is 329 g/mol. The van der Waals surface area contributed by atoms with Crippen LogP contribution < -0.4 is 5.32 Å². The van der Waals surface area contributed by atoms with Crippen molar-refractivity contribution in [3.05, 3.63) is 46.6 Å². The van der Waals surface area contributed by atoms with Crippen molar-refractivity contribution in [3.63, 3.8) is 0 Å². The number of aromatic nitrogens is 4. The average Bonchev–Trinajstić information content (AvgIpc) is 2.92. The highest BCUT2D eigenvalue weighted by Gasteiger charge is 2.14. The fourth-order valence-corrected chi connectivity index (χ4v) is 2.98. The van der Waals surface area contributed by atoms with Gasteiger partial charge in [0.25, 0.3) is 0 Å². The molecule has 0 spiro atoms. The second-order valence-electron chi connectivity index (χ2n) is 6.17. The van der Waals surface area contributed by atoms with Gasteiger partial charge in [-0.05, 0) is 39.7 Å². The lowest BCUT2D eigenvalue weighted by Crippen LogP contribution is -2.23. The standard InChI is InChI=1S/C18H27N5O/c1-7-10-23-15(5)16(12(2)21-23)8-9-18(24)19-11-17-13(3)20-22(6)14(17)4/h7H,1,8-11H2,2-6H3,(H,19,24). The molecule has 0 aliphatic heterocycles. The number of carbonyl (C=O) groups excluding carboxylic acids is 1. The van der Waals surface area contributed by atoms with Gasteiger partial charge in [0.15, 0.2) is 0 Å². The van der Waals surface area contributed by atoms with Gasteiger partial charge in [-0.1, -0.05) is 6.08 Å². The Bertz CT molecular complexity index is 754. The maximum atomic E-state index is 12.2. The second kappa shape index (κ2) is 7.47. The Hall–Kier alpha value is -2.37.